The van der Waals surface area contributed by atoms with Gasteiger partial charge in [0.25, 0.3) is 5.56 Å². The maximum Gasteiger partial charge on any atom is 0.268 e. The zero-order valence-electron chi connectivity index (χ0n) is 11.9. The second-order valence-corrected chi connectivity index (χ2v) is 7.51. The summed E-state index contributed by atoms with van der Waals surface area (Å²) >= 11 is 4.93. The van der Waals surface area contributed by atoms with Gasteiger partial charge in [-0.15, -0.1) is 21.5 Å². The lowest BCUT2D eigenvalue weighted by Crippen LogP contribution is -2.25. The monoisotopic (exact) mass is 367 g/mol. The van der Waals surface area contributed by atoms with E-state index < -0.39 is 0 Å². The Morgan fingerprint density at radius 3 is 2.81 bits per heavy atom. The highest BCUT2D eigenvalue weighted by Crippen LogP contribution is 2.25. The smallest absolute Gasteiger partial charge is 0.268 e. The van der Waals surface area contributed by atoms with Gasteiger partial charge in [0.05, 0.1) is 12.1 Å². The van der Waals surface area contributed by atoms with E-state index >= 15 is 0 Å². The van der Waals surface area contributed by atoms with E-state index in [0.29, 0.717) is 12.4 Å². The number of hydrogen-bond donors (Lipinski definition) is 0. The molecule has 3 aromatic heterocycles. The van der Waals surface area contributed by atoms with Gasteiger partial charge in [-0.1, -0.05) is 0 Å². The van der Waals surface area contributed by atoms with Crippen molar-refractivity contribution in [1.29, 1.82) is 0 Å². The van der Waals surface area contributed by atoms with E-state index in [4.69, 9.17) is 0 Å². The maximum absolute atomic E-state index is 12.4. The first-order valence-electron chi connectivity index (χ1n) is 6.42. The summed E-state index contributed by atoms with van der Waals surface area (Å²) in [6.07, 6.45) is 1.77. The Balaban J connectivity index is 2.00. The van der Waals surface area contributed by atoms with Crippen LogP contribution in [0.1, 0.15) is 26.6 Å². The Morgan fingerprint density at radius 1 is 1.38 bits per heavy atom. The molecule has 110 valence electrons. The molecule has 0 aliphatic heterocycles. The molecule has 0 spiro atoms. The molecule has 0 unspecified atom stereocenters. The number of rotatable bonds is 2. The molecule has 0 saturated carbocycles. The van der Waals surface area contributed by atoms with Crippen LogP contribution in [-0.2, 0) is 12.1 Å². The molecule has 3 aromatic rings. The Kier molecular flexibility index (Phi) is 3.45. The Bertz CT molecular complexity index is 857. The molecule has 0 bridgehead atoms. The molecule has 3 heterocycles. The number of tetrazole rings is 1. The van der Waals surface area contributed by atoms with Gasteiger partial charge in [-0.2, -0.15) is 4.80 Å². The van der Waals surface area contributed by atoms with Gasteiger partial charge < -0.3 is 4.57 Å². The van der Waals surface area contributed by atoms with E-state index in [-0.39, 0.29) is 11.1 Å². The first-order chi connectivity index (χ1) is 9.86. The van der Waals surface area contributed by atoms with E-state index in [0.717, 1.165) is 14.6 Å². The van der Waals surface area contributed by atoms with Gasteiger partial charge in [-0.25, -0.2) is 0 Å². The number of hydrogen-bond acceptors (Lipinski definition) is 5. The van der Waals surface area contributed by atoms with Crippen molar-refractivity contribution in [3.8, 4) is 0 Å². The van der Waals surface area contributed by atoms with Crippen LogP contribution in [0.2, 0.25) is 0 Å². The van der Waals surface area contributed by atoms with Gasteiger partial charge in [0.2, 0.25) is 0 Å². The van der Waals surface area contributed by atoms with Gasteiger partial charge in [0.15, 0.2) is 5.82 Å². The minimum Gasteiger partial charge on any atom is -0.305 e. The van der Waals surface area contributed by atoms with Crippen molar-refractivity contribution in [2.45, 2.75) is 32.9 Å². The molecule has 0 saturated heterocycles. The fraction of sp³-hybridized carbons (Fsp3) is 0.385. The minimum atomic E-state index is -0.228. The normalized spacial score (nSPS) is 12.2. The second kappa shape index (κ2) is 5.03. The molecule has 0 amide bonds. The summed E-state index contributed by atoms with van der Waals surface area (Å²) in [5.41, 5.74) is -0.260. The summed E-state index contributed by atoms with van der Waals surface area (Å²) in [6, 6.07) is 1.93. The third-order valence-corrected chi connectivity index (χ3v) is 4.55. The van der Waals surface area contributed by atoms with Gasteiger partial charge in [-0.3, -0.25) is 4.79 Å². The zero-order chi connectivity index (χ0) is 15.2. The molecular formula is C13H14BrN5OS. The first kappa shape index (κ1) is 14.4. The summed E-state index contributed by atoms with van der Waals surface area (Å²) < 4.78 is 3.22. The average Bonchev–Trinajstić information content (AvgIpc) is 3.03. The molecule has 0 atom stereocenters. The quantitative estimate of drug-likeness (QED) is 0.698. The summed E-state index contributed by atoms with van der Waals surface area (Å²) in [5, 5.41) is 15.3. The van der Waals surface area contributed by atoms with Crippen LogP contribution in [0.4, 0.5) is 0 Å². The molecule has 8 heteroatoms. The largest absolute Gasteiger partial charge is 0.305 e. The van der Waals surface area contributed by atoms with Crippen LogP contribution in [0, 0.1) is 0 Å². The molecule has 0 N–H and O–H groups in total. The van der Waals surface area contributed by atoms with Gasteiger partial charge in [0, 0.05) is 16.1 Å². The maximum atomic E-state index is 12.4. The number of aromatic nitrogens is 5. The standard InChI is InChI=1S/C13H14BrN5OS/c1-13(2,3)19-16-10(15-17-19)7-18-6-9(14)8-4-5-21-11(8)12(18)20/h4-6H,7H2,1-3H3. The fourth-order valence-corrected chi connectivity index (χ4v) is 3.49. The van der Waals surface area contributed by atoms with E-state index in [9.17, 15) is 4.79 Å². The van der Waals surface area contributed by atoms with Crippen LogP contribution in [0.25, 0.3) is 10.1 Å². The summed E-state index contributed by atoms with van der Waals surface area (Å²) in [4.78, 5) is 14.0. The number of nitrogens with zero attached hydrogens (tertiary/aromatic N) is 5. The average molecular weight is 368 g/mol. The molecule has 21 heavy (non-hydrogen) atoms. The van der Waals surface area contributed by atoms with E-state index in [1.165, 1.54) is 11.3 Å². The van der Waals surface area contributed by atoms with Crippen LogP contribution in [0.3, 0.4) is 0 Å². The highest BCUT2D eigenvalue weighted by molar-refractivity contribution is 9.10. The third-order valence-electron chi connectivity index (χ3n) is 3.01. The van der Waals surface area contributed by atoms with Crippen molar-refractivity contribution in [3.63, 3.8) is 0 Å². The number of halogens is 1. The first-order valence-corrected chi connectivity index (χ1v) is 8.09. The van der Waals surface area contributed by atoms with Crippen molar-refractivity contribution >= 4 is 37.4 Å². The van der Waals surface area contributed by atoms with Gasteiger partial charge >= 0.3 is 0 Å². The molecule has 0 radical (unpaired) electrons. The van der Waals surface area contributed by atoms with Crippen LogP contribution >= 0.6 is 27.3 Å². The summed E-state index contributed by atoms with van der Waals surface area (Å²) in [5.74, 6) is 0.523. The lowest BCUT2D eigenvalue weighted by molar-refractivity contribution is 0.305. The van der Waals surface area contributed by atoms with Crippen LogP contribution in [0.5, 0.6) is 0 Å². The van der Waals surface area contributed by atoms with E-state index in [2.05, 4.69) is 31.3 Å². The molecule has 3 rings (SSSR count). The molecule has 0 aliphatic rings. The molecule has 0 aromatic carbocycles. The fourth-order valence-electron chi connectivity index (χ4n) is 1.92. The molecule has 0 fully saturated rings. The van der Waals surface area contributed by atoms with Crippen LogP contribution in [-0.4, -0.2) is 24.8 Å². The number of fused-ring (bicyclic) bond motifs is 1. The van der Waals surface area contributed by atoms with Crippen molar-refractivity contribution in [2.24, 2.45) is 0 Å². The minimum absolute atomic E-state index is 0.0321. The lowest BCUT2D eigenvalue weighted by atomic mass is 10.1. The van der Waals surface area contributed by atoms with Crippen molar-refractivity contribution in [3.05, 3.63) is 38.3 Å². The lowest BCUT2D eigenvalue weighted by Gasteiger charge is -2.15. The SMILES string of the molecule is CC(C)(C)n1nnc(Cn2cc(Br)c3ccsc3c2=O)n1. The highest BCUT2D eigenvalue weighted by atomic mass is 79.9. The number of pyridine rings is 1. The zero-order valence-corrected chi connectivity index (χ0v) is 14.3. The third kappa shape index (κ3) is 2.65. The summed E-state index contributed by atoms with van der Waals surface area (Å²) in [7, 11) is 0. The second-order valence-electron chi connectivity index (χ2n) is 5.74. The van der Waals surface area contributed by atoms with Crippen molar-refractivity contribution < 1.29 is 0 Å². The van der Waals surface area contributed by atoms with Gasteiger partial charge in [0.1, 0.15) is 4.70 Å². The van der Waals surface area contributed by atoms with Crippen LogP contribution in [0.15, 0.2) is 26.9 Å². The summed E-state index contributed by atoms with van der Waals surface area (Å²) in [6.45, 7) is 6.30. The highest BCUT2D eigenvalue weighted by Gasteiger charge is 2.17. The van der Waals surface area contributed by atoms with Gasteiger partial charge in [-0.05, 0) is 53.4 Å². The van der Waals surface area contributed by atoms with E-state index in [1.54, 1.807) is 15.6 Å². The molecular weight excluding hydrogens is 354 g/mol. The Labute approximate surface area is 133 Å². The topological polar surface area (TPSA) is 65.6 Å². The predicted octanol–water partition coefficient (Wildman–Crippen LogP) is 2.62. The van der Waals surface area contributed by atoms with Crippen LogP contribution < -0.4 is 5.56 Å². The Morgan fingerprint density at radius 2 is 2.14 bits per heavy atom. The predicted molar refractivity (Wildman–Crippen MR) is 85.7 cm³/mol. The molecule has 0 aliphatic carbocycles. The molecule has 6 nitrogen and oxygen atoms in total. The number of thiophene rings is 1. The van der Waals surface area contributed by atoms with E-state index in [1.807, 2.05) is 32.2 Å². The van der Waals surface area contributed by atoms with Crippen molar-refractivity contribution in [2.75, 3.05) is 0 Å². The van der Waals surface area contributed by atoms with Crippen molar-refractivity contribution in [1.82, 2.24) is 24.8 Å². The Hall–Kier alpha value is -1.54.